The molecule has 6 nitrogen and oxygen atoms in total. The summed E-state index contributed by atoms with van der Waals surface area (Å²) in [4.78, 5) is 12.5. The van der Waals surface area contributed by atoms with E-state index in [0.29, 0.717) is 18.6 Å². The van der Waals surface area contributed by atoms with E-state index in [1.165, 1.54) is 0 Å². The van der Waals surface area contributed by atoms with Crippen LogP contribution in [0, 0.1) is 5.92 Å². The van der Waals surface area contributed by atoms with E-state index in [1.54, 1.807) is 7.11 Å². The molecular formula is C18H28N2O4. The standard InChI is InChI=1S/C18H28N2O4/c1-3-12-7-8-17(24-12)15(11-22-2)20-18(21)19-14-5-4-6-16-13(14)9-10-23-16/h7-8,13-16H,3-6,9-11H2,1-2H3,(H2,19,20,21)/t13-,14-,15+,16-/m1/s1. The minimum Gasteiger partial charge on any atom is -0.464 e. The fourth-order valence-corrected chi connectivity index (χ4v) is 3.86. The molecular weight excluding hydrogens is 308 g/mol. The molecule has 6 heteroatoms. The van der Waals surface area contributed by atoms with Gasteiger partial charge < -0.3 is 24.5 Å². The van der Waals surface area contributed by atoms with E-state index in [0.717, 1.165) is 50.2 Å². The first-order valence-electron chi connectivity index (χ1n) is 8.97. The molecule has 1 aromatic heterocycles. The van der Waals surface area contributed by atoms with Gasteiger partial charge in [0.1, 0.15) is 17.6 Å². The number of nitrogens with one attached hydrogen (secondary N) is 2. The van der Waals surface area contributed by atoms with Gasteiger partial charge in [0.05, 0.1) is 12.7 Å². The molecule has 2 N–H and O–H groups in total. The summed E-state index contributed by atoms with van der Waals surface area (Å²) in [6.45, 7) is 3.23. The van der Waals surface area contributed by atoms with E-state index in [-0.39, 0.29) is 18.1 Å². The Labute approximate surface area is 143 Å². The third kappa shape index (κ3) is 3.92. The molecule has 1 aliphatic heterocycles. The lowest BCUT2D eigenvalue weighted by molar-refractivity contribution is 0.0547. The van der Waals surface area contributed by atoms with Gasteiger partial charge in [0.15, 0.2) is 0 Å². The molecule has 1 saturated carbocycles. The zero-order chi connectivity index (χ0) is 16.9. The number of carbonyl (C=O) groups excluding carboxylic acids is 1. The predicted octanol–water partition coefficient (Wildman–Crippen LogP) is 2.79. The first-order valence-corrected chi connectivity index (χ1v) is 8.97. The van der Waals surface area contributed by atoms with Crippen LogP contribution in [0.3, 0.4) is 0 Å². The smallest absolute Gasteiger partial charge is 0.315 e. The number of fused-ring (bicyclic) bond motifs is 1. The molecule has 4 atom stereocenters. The van der Waals surface area contributed by atoms with Gasteiger partial charge in [-0.2, -0.15) is 0 Å². The third-order valence-electron chi connectivity index (χ3n) is 5.11. The van der Waals surface area contributed by atoms with Gasteiger partial charge in [-0.1, -0.05) is 6.92 Å². The quantitative estimate of drug-likeness (QED) is 0.838. The van der Waals surface area contributed by atoms with Crippen molar-refractivity contribution in [1.29, 1.82) is 0 Å². The Kier molecular flexibility index (Phi) is 5.79. The number of hydrogen-bond acceptors (Lipinski definition) is 4. The topological polar surface area (TPSA) is 72.7 Å². The first-order chi connectivity index (χ1) is 11.7. The normalized spacial score (nSPS) is 27.5. The minimum absolute atomic E-state index is 0.163. The van der Waals surface area contributed by atoms with Crippen molar-refractivity contribution in [1.82, 2.24) is 10.6 Å². The number of aryl methyl sites for hydroxylation is 1. The van der Waals surface area contributed by atoms with Crippen molar-refractivity contribution in [3.63, 3.8) is 0 Å². The van der Waals surface area contributed by atoms with Crippen LogP contribution in [0.2, 0.25) is 0 Å². The molecule has 2 fully saturated rings. The van der Waals surface area contributed by atoms with Crippen LogP contribution in [0.5, 0.6) is 0 Å². The largest absolute Gasteiger partial charge is 0.464 e. The molecule has 2 amide bonds. The van der Waals surface area contributed by atoms with E-state index >= 15 is 0 Å². The highest BCUT2D eigenvalue weighted by Gasteiger charge is 2.38. The highest BCUT2D eigenvalue weighted by atomic mass is 16.5. The third-order valence-corrected chi connectivity index (χ3v) is 5.11. The molecule has 0 radical (unpaired) electrons. The first kappa shape index (κ1) is 17.3. The second-order valence-electron chi connectivity index (χ2n) is 6.68. The van der Waals surface area contributed by atoms with E-state index in [4.69, 9.17) is 13.9 Å². The van der Waals surface area contributed by atoms with E-state index in [9.17, 15) is 4.79 Å². The van der Waals surface area contributed by atoms with Crippen LogP contribution in [-0.4, -0.2) is 38.5 Å². The van der Waals surface area contributed by atoms with Crippen molar-refractivity contribution in [3.8, 4) is 0 Å². The predicted molar refractivity (Wildman–Crippen MR) is 89.9 cm³/mol. The van der Waals surface area contributed by atoms with E-state index < -0.39 is 0 Å². The fraction of sp³-hybridized carbons (Fsp3) is 0.722. The molecule has 134 valence electrons. The van der Waals surface area contributed by atoms with Crippen LogP contribution in [0.1, 0.15) is 50.2 Å². The van der Waals surface area contributed by atoms with Gasteiger partial charge in [0.25, 0.3) is 0 Å². The van der Waals surface area contributed by atoms with Gasteiger partial charge in [-0.3, -0.25) is 0 Å². The van der Waals surface area contributed by atoms with Crippen LogP contribution in [0.15, 0.2) is 16.5 Å². The number of ether oxygens (including phenoxy) is 2. The molecule has 0 aromatic carbocycles. The number of methoxy groups -OCH3 is 1. The lowest BCUT2D eigenvalue weighted by atomic mass is 9.82. The molecule has 1 saturated heterocycles. The number of rotatable bonds is 6. The summed E-state index contributed by atoms with van der Waals surface area (Å²) >= 11 is 0. The molecule has 2 heterocycles. The summed E-state index contributed by atoms with van der Waals surface area (Å²) in [5.74, 6) is 2.08. The van der Waals surface area contributed by atoms with Crippen LogP contribution < -0.4 is 10.6 Å². The molecule has 2 aliphatic rings. The lowest BCUT2D eigenvalue weighted by Crippen LogP contribution is -2.50. The Bertz CT molecular complexity index is 545. The number of urea groups is 1. The van der Waals surface area contributed by atoms with E-state index in [2.05, 4.69) is 10.6 Å². The molecule has 0 unspecified atom stereocenters. The Morgan fingerprint density at radius 3 is 3.00 bits per heavy atom. The van der Waals surface area contributed by atoms with Gasteiger partial charge in [0, 0.05) is 32.1 Å². The minimum atomic E-state index is -0.283. The highest BCUT2D eigenvalue weighted by molar-refractivity contribution is 5.74. The average molecular weight is 336 g/mol. The zero-order valence-electron chi connectivity index (χ0n) is 14.5. The van der Waals surface area contributed by atoms with Gasteiger partial charge in [-0.15, -0.1) is 0 Å². The van der Waals surface area contributed by atoms with Gasteiger partial charge in [0.2, 0.25) is 0 Å². The molecule has 24 heavy (non-hydrogen) atoms. The van der Waals surface area contributed by atoms with Crippen molar-refractivity contribution in [2.24, 2.45) is 5.92 Å². The maximum Gasteiger partial charge on any atom is 0.315 e. The van der Waals surface area contributed by atoms with E-state index in [1.807, 2.05) is 19.1 Å². The van der Waals surface area contributed by atoms with Crippen LogP contribution in [0.25, 0.3) is 0 Å². The molecule has 0 bridgehead atoms. The van der Waals surface area contributed by atoms with Crippen molar-refractivity contribution < 1.29 is 18.7 Å². The van der Waals surface area contributed by atoms with Crippen LogP contribution >= 0.6 is 0 Å². The summed E-state index contributed by atoms with van der Waals surface area (Å²) in [5, 5.41) is 6.13. The van der Waals surface area contributed by atoms with Gasteiger partial charge in [-0.25, -0.2) is 4.79 Å². The van der Waals surface area contributed by atoms with Crippen molar-refractivity contribution in [2.75, 3.05) is 20.3 Å². The molecule has 0 spiro atoms. The average Bonchev–Trinajstić information content (AvgIpc) is 3.24. The number of furan rings is 1. The number of carbonyl (C=O) groups is 1. The summed E-state index contributed by atoms with van der Waals surface area (Å²) < 4.78 is 16.8. The fourth-order valence-electron chi connectivity index (χ4n) is 3.86. The second-order valence-corrected chi connectivity index (χ2v) is 6.68. The highest BCUT2D eigenvalue weighted by Crippen LogP contribution is 2.34. The maximum absolute atomic E-state index is 12.5. The molecule has 1 aliphatic carbocycles. The summed E-state index contributed by atoms with van der Waals surface area (Å²) in [6.07, 6.45) is 5.42. The summed E-state index contributed by atoms with van der Waals surface area (Å²) in [7, 11) is 1.62. The maximum atomic E-state index is 12.5. The van der Waals surface area contributed by atoms with Gasteiger partial charge >= 0.3 is 6.03 Å². The number of hydrogen-bond donors (Lipinski definition) is 2. The Morgan fingerprint density at radius 1 is 1.38 bits per heavy atom. The van der Waals surface area contributed by atoms with Crippen molar-refractivity contribution in [2.45, 2.75) is 57.2 Å². The summed E-state index contributed by atoms with van der Waals surface area (Å²) in [6, 6.07) is 3.60. The number of amides is 2. The molecule has 3 rings (SSSR count). The Balaban J connectivity index is 1.58. The van der Waals surface area contributed by atoms with Crippen LogP contribution in [-0.2, 0) is 15.9 Å². The summed E-state index contributed by atoms with van der Waals surface area (Å²) in [5.41, 5.74) is 0. The lowest BCUT2D eigenvalue weighted by Gasteiger charge is -2.33. The monoisotopic (exact) mass is 336 g/mol. The van der Waals surface area contributed by atoms with Crippen molar-refractivity contribution >= 4 is 6.03 Å². The van der Waals surface area contributed by atoms with Crippen molar-refractivity contribution in [3.05, 3.63) is 23.7 Å². The second kappa shape index (κ2) is 8.03. The SMILES string of the molecule is CCc1ccc([C@H](COC)NC(=O)N[C@@H]2CCC[C@H]3OCC[C@H]23)o1. The van der Waals surface area contributed by atoms with Crippen LogP contribution in [0.4, 0.5) is 4.79 Å². The Hall–Kier alpha value is -1.53. The molecule has 1 aromatic rings. The Morgan fingerprint density at radius 2 is 2.25 bits per heavy atom. The zero-order valence-corrected chi connectivity index (χ0v) is 14.5. The van der Waals surface area contributed by atoms with Gasteiger partial charge in [-0.05, 0) is 37.8 Å².